The molecule has 1 fully saturated rings. The first kappa shape index (κ1) is 12.3. The highest BCUT2D eigenvalue weighted by atomic mass is 16.4. The summed E-state index contributed by atoms with van der Waals surface area (Å²) in [6.45, 7) is 6.10. The summed E-state index contributed by atoms with van der Waals surface area (Å²) in [5, 5.41) is 3.35. The first-order valence-electron chi connectivity index (χ1n) is 6.79. The van der Waals surface area contributed by atoms with Crippen molar-refractivity contribution in [2.45, 2.75) is 13.3 Å². The summed E-state index contributed by atoms with van der Waals surface area (Å²) in [4.78, 5) is 14.0. The van der Waals surface area contributed by atoms with Gasteiger partial charge in [0.15, 0.2) is 5.58 Å². The van der Waals surface area contributed by atoms with Gasteiger partial charge in [0, 0.05) is 38.9 Å². The SMILES string of the molecule is CCc1cc(N2CCNCC2)cc2c1oc(=O)n2C. The fourth-order valence-electron chi connectivity index (χ4n) is 2.65. The average Bonchev–Trinajstić information content (AvgIpc) is 2.75. The highest BCUT2D eigenvalue weighted by Crippen LogP contribution is 2.26. The Bertz CT molecular complexity index is 650. The monoisotopic (exact) mass is 261 g/mol. The van der Waals surface area contributed by atoms with E-state index in [9.17, 15) is 4.79 Å². The van der Waals surface area contributed by atoms with Crippen LogP contribution in [0.4, 0.5) is 5.69 Å². The zero-order valence-corrected chi connectivity index (χ0v) is 11.4. The summed E-state index contributed by atoms with van der Waals surface area (Å²) in [7, 11) is 1.76. The number of hydrogen-bond acceptors (Lipinski definition) is 4. The van der Waals surface area contributed by atoms with Crippen molar-refractivity contribution in [3.63, 3.8) is 0 Å². The molecule has 1 aliphatic heterocycles. The molecule has 0 bridgehead atoms. The highest BCUT2D eigenvalue weighted by Gasteiger charge is 2.16. The summed E-state index contributed by atoms with van der Waals surface area (Å²) >= 11 is 0. The van der Waals surface area contributed by atoms with Crippen molar-refractivity contribution in [3.05, 3.63) is 28.2 Å². The lowest BCUT2D eigenvalue weighted by Gasteiger charge is -2.29. The third-order valence-electron chi connectivity index (χ3n) is 3.82. The molecule has 5 heteroatoms. The maximum atomic E-state index is 11.7. The number of hydrogen-bond donors (Lipinski definition) is 1. The molecule has 3 rings (SSSR count). The van der Waals surface area contributed by atoms with E-state index in [1.54, 1.807) is 11.6 Å². The minimum Gasteiger partial charge on any atom is -0.407 e. The van der Waals surface area contributed by atoms with Gasteiger partial charge in [-0.15, -0.1) is 0 Å². The molecule has 0 amide bonds. The highest BCUT2D eigenvalue weighted by molar-refractivity contribution is 5.81. The topological polar surface area (TPSA) is 50.4 Å². The van der Waals surface area contributed by atoms with E-state index in [2.05, 4.69) is 29.3 Å². The Morgan fingerprint density at radius 2 is 2.05 bits per heavy atom. The van der Waals surface area contributed by atoms with Gasteiger partial charge in [-0.05, 0) is 24.1 Å². The molecule has 2 heterocycles. The number of nitrogens with zero attached hydrogens (tertiary/aromatic N) is 2. The zero-order valence-electron chi connectivity index (χ0n) is 11.4. The van der Waals surface area contributed by atoms with Crippen molar-refractivity contribution >= 4 is 16.8 Å². The van der Waals surface area contributed by atoms with Crippen LogP contribution in [0.5, 0.6) is 0 Å². The van der Waals surface area contributed by atoms with E-state index in [-0.39, 0.29) is 5.76 Å². The van der Waals surface area contributed by atoms with Crippen LogP contribution in [-0.2, 0) is 13.5 Å². The smallest absolute Gasteiger partial charge is 0.407 e. The van der Waals surface area contributed by atoms with Crippen molar-refractivity contribution in [1.82, 2.24) is 9.88 Å². The second-order valence-corrected chi connectivity index (χ2v) is 4.97. The number of fused-ring (bicyclic) bond motifs is 1. The molecule has 1 saturated heterocycles. The summed E-state index contributed by atoms with van der Waals surface area (Å²) in [5.74, 6) is -0.290. The van der Waals surface area contributed by atoms with Gasteiger partial charge < -0.3 is 14.6 Å². The largest absolute Gasteiger partial charge is 0.419 e. The number of rotatable bonds is 2. The van der Waals surface area contributed by atoms with Gasteiger partial charge in [-0.1, -0.05) is 6.92 Å². The number of oxazole rings is 1. The van der Waals surface area contributed by atoms with Crippen LogP contribution in [0.15, 0.2) is 21.3 Å². The van der Waals surface area contributed by atoms with Crippen LogP contribution in [0.25, 0.3) is 11.1 Å². The van der Waals surface area contributed by atoms with Crippen LogP contribution in [0.1, 0.15) is 12.5 Å². The Balaban J connectivity index is 2.15. The van der Waals surface area contributed by atoms with Gasteiger partial charge in [0.05, 0.1) is 5.52 Å². The van der Waals surface area contributed by atoms with Crippen molar-refractivity contribution in [1.29, 1.82) is 0 Å². The maximum absolute atomic E-state index is 11.7. The summed E-state index contributed by atoms with van der Waals surface area (Å²) in [5.41, 5.74) is 3.90. The van der Waals surface area contributed by atoms with Crippen LogP contribution in [0.2, 0.25) is 0 Å². The van der Waals surface area contributed by atoms with Crippen LogP contribution < -0.4 is 16.0 Å². The second-order valence-electron chi connectivity index (χ2n) is 4.97. The van der Waals surface area contributed by atoms with Gasteiger partial charge in [0.25, 0.3) is 0 Å². The average molecular weight is 261 g/mol. The van der Waals surface area contributed by atoms with Crippen LogP contribution in [0.3, 0.4) is 0 Å². The lowest BCUT2D eigenvalue weighted by molar-refractivity contribution is 0.525. The molecular weight excluding hydrogens is 242 g/mol. The molecule has 0 saturated carbocycles. The molecular formula is C14H19N3O2. The van der Waals surface area contributed by atoms with Gasteiger partial charge >= 0.3 is 5.76 Å². The Morgan fingerprint density at radius 1 is 1.32 bits per heavy atom. The fourth-order valence-corrected chi connectivity index (χ4v) is 2.65. The Kier molecular flexibility index (Phi) is 3.06. The fraction of sp³-hybridized carbons (Fsp3) is 0.500. The Hall–Kier alpha value is -1.75. The van der Waals surface area contributed by atoms with E-state index in [1.165, 1.54) is 5.69 Å². The molecule has 102 valence electrons. The van der Waals surface area contributed by atoms with E-state index in [4.69, 9.17) is 4.42 Å². The third kappa shape index (κ3) is 2.04. The first-order valence-corrected chi connectivity index (χ1v) is 6.79. The zero-order chi connectivity index (χ0) is 13.4. The van der Waals surface area contributed by atoms with Crippen LogP contribution in [0, 0.1) is 0 Å². The van der Waals surface area contributed by atoms with E-state index in [0.29, 0.717) is 0 Å². The summed E-state index contributed by atoms with van der Waals surface area (Å²) < 4.78 is 6.92. The number of benzene rings is 1. The quantitative estimate of drug-likeness (QED) is 0.879. The predicted octanol–water partition coefficient (Wildman–Crippen LogP) is 1.10. The molecule has 2 aromatic rings. The van der Waals surface area contributed by atoms with Crippen molar-refractivity contribution in [2.24, 2.45) is 7.05 Å². The predicted molar refractivity (Wildman–Crippen MR) is 75.9 cm³/mol. The van der Waals surface area contributed by atoms with Gasteiger partial charge in [-0.25, -0.2) is 4.79 Å². The number of piperazine rings is 1. The van der Waals surface area contributed by atoms with Crippen molar-refractivity contribution in [3.8, 4) is 0 Å². The Labute approximate surface area is 111 Å². The molecule has 1 aromatic carbocycles. The minimum atomic E-state index is -0.290. The van der Waals surface area contributed by atoms with Gasteiger partial charge in [0.2, 0.25) is 0 Å². The Morgan fingerprint density at radius 3 is 2.74 bits per heavy atom. The van der Waals surface area contributed by atoms with Crippen LogP contribution in [-0.4, -0.2) is 30.7 Å². The van der Waals surface area contributed by atoms with Gasteiger partial charge in [-0.3, -0.25) is 4.57 Å². The van der Waals surface area contributed by atoms with E-state index in [0.717, 1.165) is 49.3 Å². The molecule has 0 spiro atoms. The molecule has 1 aliphatic rings. The molecule has 5 nitrogen and oxygen atoms in total. The maximum Gasteiger partial charge on any atom is 0.419 e. The summed E-state index contributed by atoms with van der Waals surface area (Å²) in [6, 6.07) is 4.21. The molecule has 1 N–H and O–H groups in total. The molecule has 19 heavy (non-hydrogen) atoms. The van der Waals surface area contributed by atoms with Crippen molar-refractivity contribution < 1.29 is 4.42 Å². The lowest BCUT2D eigenvalue weighted by atomic mass is 10.1. The molecule has 0 radical (unpaired) electrons. The van der Waals surface area contributed by atoms with E-state index in [1.807, 2.05) is 0 Å². The molecule has 0 atom stereocenters. The minimum absolute atomic E-state index is 0.290. The van der Waals surface area contributed by atoms with E-state index < -0.39 is 0 Å². The van der Waals surface area contributed by atoms with Gasteiger partial charge in [0.1, 0.15) is 0 Å². The van der Waals surface area contributed by atoms with Crippen molar-refractivity contribution in [2.75, 3.05) is 31.1 Å². The standard InChI is InChI=1S/C14H19N3O2/c1-3-10-8-11(17-6-4-15-5-7-17)9-12-13(10)19-14(18)16(12)2/h8-9,15H,3-7H2,1-2H3. The number of aromatic nitrogens is 1. The van der Waals surface area contributed by atoms with E-state index >= 15 is 0 Å². The number of aryl methyl sites for hydroxylation is 2. The summed E-state index contributed by atoms with van der Waals surface area (Å²) in [6.07, 6.45) is 0.864. The normalized spacial score (nSPS) is 16.2. The third-order valence-corrected chi connectivity index (χ3v) is 3.82. The molecule has 0 aliphatic carbocycles. The first-order chi connectivity index (χ1) is 9.20. The number of nitrogens with one attached hydrogen (secondary N) is 1. The second kappa shape index (κ2) is 4.74. The number of anilines is 1. The molecule has 1 aromatic heterocycles. The molecule has 0 unspecified atom stereocenters. The lowest BCUT2D eigenvalue weighted by Crippen LogP contribution is -2.43. The van der Waals surface area contributed by atoms with Gasteiger partial charge in [-0.2, -0.15) is 0 Å². The van der Waals surface area contributed by atoms with Crippen LogP contribution >= 0.6 is 0 Å².